The summed E-state index contributed by atoms with van der Waals surface area (Å²) in [6, 6.07) is 13.9. The number of ether oxygens (including phenoxy) is 1. The Bertz CT molecular complexity index is 943. The summed E-state index contributed by atoms with van der Waals surface area (Å²) in [6.07, 6.45) is 0. The Labute approximate surface area is 132 Å². The lowest BCUT2D eigenvalue weighted by Crippen LogP contribution is -2.20. The maximum atomic E-state index is 12.4. The molecular weight excluding hydrogens is 294 g/mol. The van der Waals surface area contributed by atoms with E-state index >= 15 is 0 Å². The standard InChI is InChI=1S/C18H15NO4/c1-11-5-3-6-12-9-15(18(21)23-16(11)12)17(20)19-13-7-4-8-14(10-13)22-2/h3-10H,1-2H3,(H,19,20). The van der Waals surface area contributed by atoms with Crippen LogP contribution in [0.4, 0.5) is 5.69 Å². The van der Waals surface area contributed by atoms with E-state index in [-0.39, 0.29) is 5.56 Å². The number of aryl methyl sites for hydroxylation is 1. The first-order valence-corrected chi connectivity index (χ1v) is 7.07. The van der Waals surface area contributed by atoms with Crippen LogP contribution < -0.4 is 15.7 Å². The number of fused-ring (bicyclic) bond motifs is 1. The average molecular weight is 309 g/mol. The predicted octanol–water partition coefficient (Wildman–Crippen LogP) is 3.36. The molecule has 1 aromatic heterocycles. The van der Waals surface area contributed by atoms with Crippen LogP contribution in [0.2, 0.25) is 0 Å². The molecule has 5 nitrogen and oxygen atoms in total. The van der Waals surface area contributed by atoms with Crippen LogP contribution in [0, 0.1) is 6.92 Å². The first-order valence-electron chi connectivity index (χ1n) is 7.07. The van der Waals surface area contributed by atoms with Gasteiger partial charge in [-0.05, 0) is 30.7 Å². The molecule has 0 spiro atoms. The zero-order valence-corrected chi connectivity index (χ0v) is 12.8. The van der Waals surface area contributed by atoms with E-state index in [1.165, 1.54) is 0 Å². The summed E-state index contributed by atoms with van der Waals surface area (Å²) in [5, 5.41) is 3.38. The first kappa shape index (κ1) is 14.8. The maximum absolute atomic E-state index is 12.4. The monoisotopic (exact) mass is 309 g/mol. The van der Waals surface area contributed by atoms with Crippen LogP contribution in [-0.4, -0.2) is 13.0 Å². The molecule has 0 fully saturated rings. The summed E-state index contributed by atoms with van der Waals surface area (Å²) in [5.74, 6) is 0.0966. The Morgan fingerprint density at radius 2 is 1.91 bits per heavy atom. The van der Waals surface area contributed by atoms with Gasteiger partial charge in [0.25, 0.3) is 5.91 Å². The number of anilines is 1. The molecule has 5 heteroatoms. The lowest BCUT2D eigenvalue weighted by atomic mass is 10.1. The minimum absolute atomic E-state index is 0.0362. The van der Waals surface area contributed by atoms with Gasteiger partial charge in [-0.1, -0.05) is 24.3 Å². The highest BCUT2D eigenvalue weighted by molar-refractivity contribution is 6.05. The minimum atomic E-state index is -0.660. The molecular formula is C18H15NO4. The van der Waals surface area contributed by atoms with Crippen molar-refractivity contribution in [1.82, 2.24) is 0 Å². The number of amides is 1. The van der Waals surface area contributed by atoms with Crippen molar-refractivity contribution in [2.75, 3.05) is 12.4 Å². The SMILES string of the molecule is COc1cccc(NC(=O)c2cc3cccc(C)c3oc2=O)c1. The second kappa shape index (κ2) is 5.96. The summed E-state index contributed by atoms with van der Waals surface area (Å²) in [5.41, 5.74) is 1.19. The van der Waals surface area contributed by atoms with Crippen molar-refractivity contribution >= 4 is 22.6 Å². The van der Waals surface area contributed by atoms with Gasteiger partial charge in [0.15, 0.2) is 0 Å². The highest BCUT2D eigenvalue weighted by atomic mass is 16.5. The van der Waals surface area contributed by atoms with E-state index in [0.717, 1.165) is 5.56 Å². The highest BCUT2D eigenvalue weighted by Gasteiger charge is 2.14. The number of benzene rings is 2. The van der Waals surface area contributed by atoms with Crippen molar-refractivity contribution in [2.24, 2.45) is 0 Å². The van der Waals surface area contributed by atoms with Crippen molar-refractivity contribution in [1.29, 1.82) is 0 Å². The van der Waals surface area contributed by atoms with Crippen LogP contribution in [0.15, 0.2) is 57.7 Å². The quantitative estimate of drug-likeness (QED) is 0.753. The molecule has 0 aliphatic rings. The van der Waals surface area contributed by atoms with Crippen LogP contribution in [0.25, 0.3) is 11.0 Å². The van der Waals surface area contributed by atoms with Crippen LogP contribution in [-0.2, 0) is 0 Å². The van der Waals surface area contributed by atoms with Crippen molar-refractivity contribution < 1.29 is 13.9 Å². The number of carbonyl (C=O) groups excluding carboxylic acids is 1. The molecule has 1 amide bonds. The molecule has 0 atom stereocenters. The fraction of sp³-hybridized carbons (Fsp3) is 0.111. The summed E-state index contributed by atoms with van der Waals surface area (Å²) >= 11 is 0. The second-order valence-corrected chi connectivity index (χ2v) is 5.13. The molecule has 0 saturated carbocycles. The van der Waals surface area contributed by atoms with Gasteiger partial charge in [0, 0.05) is 17.1 Å². The topological polar surface area (TPSA) is 68.5 Å². The molecule has 116 valence electrons. The van der Waals surface area contributed by atoms with Crippen molar-refractivity contribution in [3.63, 3.8) is 0 Å². The fourth-order valence-electron chi connectivity index (χ4n) is 2.35. The van der Waals surface area contributed by atoms with Gasteiger partial charge in [-0.15, -0.1) is 0 Å². The number of rotatable bonds is 3. The Morgan fingerprint density at radius 3 is 2.70 bits per heavy atom. The van der Waals surface area contributed by atoms with Crippen molar-refractivity contribution in [2.45, 2.75) is 6.92 Å². The van der Waals surface area contributed by atoms with E-state index in [9.17, 15) is 9.59 Å². The fourth-order valence-corrected chi connectivity index (χ4v) is 2.35. The third-order valence-corrected chi connectivity index (χ3v) is 3.53. The molecule has 0 saturated heterocycles. The van der Waals surface area contributed by atoms with E-state index < -0.39 is 11.5 Å². The minimum Gasteiger partial charge on any atom is -0.497 e. The molecule has 1 heterocycles. The summed E-state index contributed by atoms with van der Waals surface area (Å²) in [4.78, 5) is 24.4. The van der Waals surface area contributed by atoms with Gasteiger partial charge in [-0.25, -0.2) is 4.79 Å². The Hall–Kier alpha value is -3.08. The third-order valence-electron chi connectivity index (χ3n) is 3.53. The highest BCUT2D eigenvalue weighted by Crippen LogP contribution is 2.19. The van der Waals surface area contributed by atoms with Crippen LogP contribution >= 0.6 is 0 Å². The number of carbonyl (C=O) groups is 1. The average Bonchev–Trinajstić information content (AvgIpc) is 2.55. The number of hydrogen-bond acceptors (Lipinski definition) is 4. The number of para-hydroxylation sites is 1. The lowest BCUT2D eigenvalue weighted by Gasteiger charge is -2.07. The van der Waals surface area contributed by atoms with Crippen LogP contribution in [0.1, 0.15) is 15.9 Å². The zero-order chi connectivity index (χ0) is 16.4. The molecule has 0 aliphatic carbocycles. The number of hydrogen-bond donors (Lipinski definition) is 1. The molecule has 2 aromatic carbocycles. The van der Waals surface area contributed by atoms with Gasteiger partial charge in [-0.3, -0.25) is 4.79 Å². The third kappa shape index (κ3) is 2.94. The molecule has 3 rings (SSSR count). The zero-order valence-electron chi connectivity index (χ0n) is 12.8. The van der Waals surface area contributed by atoms with E-state index in [4.69, 9.17) is 9.15 Å². The summed E-state index contributed by atoms with van der Waals surface area (Å²) < 4.78 is 10.4. The van der Waals surface area contributed by atoms with Crippen LogP contribution in [0.3, 0.4) is 0 Å². The number of nitrogens with one attached hydrogen (secondary N) is 1. The summed E-state index contributed by atoms with van der Waals surface area (Å²) in [7, 11) is 1.54. The summed E-state index contributed by atoms with van der Waals surface area (Å²) in [6.45, 7) is 1.85. The van der Waals surface area contributed by atoms with Gasteiger partial charge in [0.2, 0.25) is 0 Å². The van der Waals surface area contributed by atoms with Crippen molar-refractivity contribution in [3.05, 3.63) is 70.1 Å². The van der Waals surface area contributed by atoms with Gasteiger partial charge < -0.3 is 14.5 Å². The molecule has 0 aliphatic heterocycles. The van der Waals surface area contributed by atoms with E-state index in [2.05, 4.69) is 5.32 Å². The Morgan fingerprint density at radius 1 is 1.13 bits per heavy atom. The normalized spacial score (nSPS) is 10.5. The molecule has 3 aromatic rings. The Balaban J connectivity index is 1.97. The lowest BCUT2D eigenvalue weighted by molar-refractivity contribution is 0.102. The maximum Gasteiger partial charge on any atom is 0.349 e. The molecule has 23 heavy (non-hydrogen) atoms. The predicted molar refractivity (Wildman–Crippen MR) is 88.2 cm³/mol. The number of methoxy groups -OCH3 is 1. The molecule has 0 radical (unpaired) electrons. The largest absolute Gasteiger partial charge is 0.497 e. The van der Waals surface area contributed by atoms with E-state index in [1.807, 2.05) is 19.1 Å². The van der Waals surface area contributed by atoms with Gasteiger partial charge in [-0.2, -0.15) is 0 Å². The van der Waals surface area contributed by atoms with Gasteiger partial charge in [0.05, 0.1) is 7.11 Å². The smallest absolute Gasteiger partial charge is 0.349 e. The molecule has 0 bridgehead atoms. The van der Waals surface area contributed by atoms with Crippen molar-refractivity contribution in [3.8, 4) is 5.75 Å². The van der Waals surface area contributed by atoms with Crippen LogP contribution in [0.5, 0.6) is 5.75 Å². The molecule has 0 unspecified atom stereocenters. The second-order valence-electron chi connectivity index (χ2n) is 5.13. The van der Waals surface area contributed by atoms with Gasteiger partial charge >= 0.3 is 5.63 Å². The first-order chi connectivity index (χ1) is 11.1. The molecule has 1 N–H and O–H groups in total. The van der Waals surface area contributed by atoms with Gasteiger partial charge in [0.1, 0.15) is 16.9 Å². The van der Waals surface area contributed by atoms with E-state index in [0.29, 0.717) is 22.4 Å². The van der Waals surface area contributed by atoms with E-state index in [1.54, 1.807) is 43.5 Å². The Kier molecular flexibility index (Phi) is 3.85.